The van der Waals surface area contributed by atoms with Crippen LogP contribution in [0.5, 0.6) is 0 Å². The summed E-state index contributed by atoms with van der Waals surface area (Å²) < 4.78 is 0. The van der Waals surface area contributed by atoms with Crippen molar-refractivity contribution in [1.82, 2.24) is 5.32 Å². The van der Waals surface area contributed by atoms with Crippen LogP contribution in [0.25, 0.3) is 0 Å². The van der Waals surface area contributed by atoms with E-state index in [4.69, 9.17) is 10.8 Å². The van der Waals surface area contributed by atoms with Gasteiger partial charge in [0.15, 0.2) is 0 Å². The van der Waals surface area contributed by atoms with Crippen LogP contribution in [0.15, 0.2) is 0 Å². The van der Waals surface area contributed by atoms with Crippen LogP contribution in [-0.2, 0) is 9.59 Å². The molecule has 0 heterocycles. The predicted molar refractivity (Wildman–Crippen MR) is 133 cm³/mol. The average Bonchev–Trinajstić information content (AvgIpc) is 2.74. The van der Waals surface area contributed by atoms with E-state index in [1.54, 1.807) is 0 Å². The quantitative estimate of drug-likeness (QED) is 0.189. The molecule has 0 bridgehead atoms. The van der Waals surface area contributed by atoms with Crippen LogP contribution in [0.1, 0.15) is 124 Å². The maximum atomic E-state index is 12.6. The molecule has 0 saturated heterocycles. The van der Waals surface area contributed by atoms with Gasteiger partial charge in [0, 0.05) is 18.9 Å². The van der Waals surface area contributed by atoms with Gasteiger partial charge >= 0.3 is 5.97 Å². The zero-order valence-electron chi connectivity index (χ0n) is 21.3. The highest BCUT2D eigenvalue weighted by molar-refractivity contribution is 5.80. The number of unbranched alkanes of at least 4 members (excludes halogenated alkanes) is 13. The Kier molecular flexibility index (Phi) is 14.9. The molecule has 3 atom stereocenters. The standard InChI is InChI=1S/C27H52N2O3/c1-4-5-6-7-8-9-10-11-12-13-14-15-16-17-18-29-26(32)24-20-23(27(24,2)3)22(21-28)19-25(30)31/h22-24H,4-21,28H2,1-3H3,(H,29,32)(H,30,31)/t22-,23-,24+/m1/s1. The SMILES string of the molecule is CCCCCCCCCCCCCCCCNC(=O)[C@@H]1C[C@H]([C@@H](CN)CC(=O)O)C1(C)C. The Hall–Kier alpha value is -1.10. The van der Waals surface area contributed by atoms with Crippen LogP contribution in [0.2, 0.25) is 0 Å². The van der Waals surface area contributed by atoms with Crippen molar-refractivity contribution in [3.63, 3.8) is 0 Å². The van der Waals surface area contributed by atoms with Crippen molar-refractivity contribution in [3.05, 3.63) is 0 Å². The van der Waals surface area contributed by atoms with Gasteiger partial charge in [-0.2, -0.15) is 0 Å². The minimum absolute atomic E-state index is 0.0259. The first kappa shape index (κ1) is 28.9. The monoisotopic (exact) mass is 452 g/mol. The zero-order chi connectivity index (χ0) is 23.8. The Morgan fingerprint density at radius 3 is 1.78 bits per heavy atom. The first-order chi connectivity index (χ1) is 15.3. The van der Waals surface area contributed by atoms with Gasteiger partial charge in [-0.15, -0.1) is 0 Å². The maximum Gasteiger partial charge on any atom is 0.303 e. The number of hydrogen-bond donors (Lipinski definition) is 3. The van der Waals surface area contributed by atoms with Gasteiger partial charge in [-0.05, 0) is 36.6 Å². The number of carbonyl (C=O) groups excluding carboxylic acids is 1. The number of aliphatic carboxylic acids is 1. The number of carboxylic acid groups (broad SMARTS) is 1. The summed E-state index contributed by atoms with van der Waals surface area (Å²) in [6.45, 7) is 7.56. The van der Waals surface area contributed by atoms with Crippen LogP contribution in [0.3, 0.4) is 0 Å². The molecule has 5 nitrogen and oxygen atoms in total. The van der Waals surface area contributed by atoms with Crippen LogP contribution in [-0.4, -0.2) is 30.1 Å². The van der Waals surface area contributed by atoms with Gasteiger partial charge in [-0.1, -0.05) is 104 Å². The molecule has 0 aromatic carbocycles. The van der Waals surface area contributed by atoms with Crippen molar-refractivity contribution in [2.24, 2.45) is 28.9 Å². The van der Waals surface area contributed by atoms with Gasteiger partial charge < -0.3 is 16.2 Å². The van der Waals surface area contributed by atoms with E-state index in [0.29, 0.717) is 6.54 Å². The number of rotatable bonds is 20. The summed E-state index contributed by atoms with van der Waals surface area (Å²) >= 11 is 0. The van der Waals surface area contributed by atoms with Gasteiger partial charge in [-0.25, -0.2) is 0 Å². The molecule has 32 heavy (non-hydrogen) atoms. The lowest BCUT2D eigenvalue weighted by atomic mass is 9.50. The van der Waals surface area contributed by atoms with Gasteiger partial charge in [0.1, 0.15) is 0 Å². The lowest BCUT2D eigenvalue weighted by Crippen LogP contribution is -2.56. The summed E-state index contributed by atoms with van der Waals surface area (Å²) in [5.74, 6) is -0.534. The summed E-state index contributed by atoms with van der Waals surface area (Å²) in [6.07, 6.45) is 19.5. The lowest BCUT2D eigenvalue weighted by molar-refractivity contribution is -0.148. The third-order valence-corrected chi connectivity index (χ3v) is 7.80. The van der Waals surface area contributed by atoms with Crippen molar-refractivity contribution < 1.29 is 14.7 Å². The van der Waals surface area contributed by atoms with Crippen LogP contribution in [0.4, 0.5) is 0 Å². The molecular weight excluding hydrogens is 400 g/mol. The van der Waals surface area contributed by atoms with E-state index in [1.165, 1.54) is 83.5 Å². The molecular formula is C27H52N2O3. The van der Waals surface area contributed by atoms with E-state index >= 15 is 0 Å². The normalized spacial score (nSPS) is 20.5. The average molecular weight is 453 g/mol. The summed E-state index contributed by atoms with van der Waals surface area (Å²) in [4.78, 5) is 23.7. The molecule has 0 radical (unpaired) electrons. The first-order valence-electron chi connectivity index (χ1n) is 13.5. The molecule has 0 aromatic heterocycles. The van der Waals surface area contributed by atoms with Crippen LogP contribution >= 0.6 is 0 Å². The van der Waals surface area contributed by atoms with E-state index < -0.39 is 5.97 Å². The van der Waals surface area contributed by atoms with Crippen molar-refractivity contribution >= 4 is 11.9 Å². The van der Waals surface area contributed by atoms with E-state index in [1.807, 2.05) is 0 Å². The summed E-state index contributed by atoms with van der Waals surface area (Å²) in [6, 6.07) is 0. The second-order valence-corrected chi connectivity index (χ2v) is 10.7. The molecule has 1 fully saturated rings. The van der Waals surface area contributed by atoms with Crippen LogP contribution < -0.4 is 11.1 Å². The Balaban J connectivity index is 2.00. The number of nitrogens with one attached hydrogen (secondary N) is 1. The van der Waals surface area contributed by atoms with Gasteiger partial charge in [0.2, 0.25) is 5.91 Å². The summed E-state index contributed by atoms with van der Waals surface area (Å²) in [7, 11) is 0. The largest absolute Gasteiger partial charge is 0.481 e. The molecule has 4 N–H and O–H groups in total. The third-order valence-electron chi connectivity index (χ3n) is 7.80. The number of carbonyl (C=O) groups is 2. The zero-order valence-corrected chi connectivity index (χ0v) is 21.3. The molecule has 0 aromatic rings. The van der Waals surface area contributed by atoms with Crippen molar-refractivity contribution in [1.29, 1.82) is 0 Å². The molecule has 5 heteroatoms. The molecule has 1 saturated carbocycles. The topological polar surface area (TPSA) is 92.4 Å². The fourth-order valence-corrected chi connectivity index (χ4v) is 5.47. The van der Waals surface area contributed by atoms with E-state index in [2.05, 4.69) is 26.1 Å². The minimum atomic E-state index is -0.804. The summed E-state index contributed by atoms with van der Waals surface area (Å²) in [5.41, 5.74) is 5.63. The molecule has 1 aliphatic rings. The van der Waals surface area contributed by atoms with Gasteiger partial charge in [-0.3, -0.25) is 9.59 Å². The molecule has 1 rings (SSSR count). The number of carboxylic acids is 1. The Labute approximate surface area is 197 Å². The smallest absolute Gasteiger partial charge is 0.303 e. The minimum Gasteiger partial charge on any atom is -0.481 e. The molecule has 0 spiro atoms. The molecule has 0 aliphatic heterocycles. The maximum absolute atomic E-state index is 12.6. The number of nitrogens with two attached hydrogens (primary N) is 1. The predicted octanol–water partition coefficient (Wildman–Crippen LogP) is 6.30. The highest BCUT2D eigenvalue weighted by Crippen LogP contribution is 2.55. The highest BCUT2D eigenvalue weighted by atomic mass is 16.4. The highest BCUT2D eigenvalue weighted by Gasteiger charge is 2.54. The molecule has 1 amide bonds. The molecule has 188 valence electrons. The van der Waals surface area contributed by atoms with Crippen molar-refractivity contribution in [2.75, 3.05) is 13.1 Å². The first-order valence-corrected chi connectivity index (χ1v) is 13.5. The second kappa shape index (κ2) is 16.5. The van der Waals surface area contributed by atoms with Crippen molar-refractivity contribution in [2.45, 2.75) is 124 Å². The van der Waals surface area contributed by atoms with E-state index in [9.17, 15) is 9.59 Å². The van der Waals surface area contributed by atoms with Gasteiger partial charge in [0.05, 0.1) is 0 Å². The molecule has 1 aliphatic carbocycles. The molecule has 0 unspecified atom stereocenters. The van der Waals surface area contributed by atoms with E-state index in [0.717, 1.165) is 19.4 Å². The van der Waals surface area contributed by atoms with Crippen molar-refractivity contribution in [3.8, 4) is 0 Å². The number of amides is 1. The third kappa shape index (κ3) is 10.7. The fourth-order valence-electron chi connectivity index (χ4n) is 5.47. The second-order valence-electron chi connectivity index (χ2n) is 10.7. The summed E-state index contributed by atoms with van der Waals surface area (Å²) in [5, 5.41) is 12.2. The fraction of sp³-hybridized carbons (Fsp3) is 0.926. The van der Waals surface area contributed by atoms with Crippen LogP contribution in [0, 0.1) is 23.2 Å². The lowest BCUT2D eigenvalue weighted by Gasteiger charge is -2.54. The Bertz CT molecular complexity index is 521. The Morgan fingerprint density at radius 1 is 0.906 bits per heavy atom. The number of hydrogen-bond acceptors (Lipinski definition) is 3. The Morgan fingerprint density at radius 2 is 1.38 bits per heavy atom. The van der Waals surface area contributed by atoms with E-state index in [-0.39, 0.29) is 35.5 Å². The van der Waals surface area contributed by atoms with Gasteiger partial charge in [0.25, 0.3) is 0 Å².